The molecule has 0 radical (unpaired) electrons. The van der Waals surface area contributed by atoms with Gasteiger partial charge in [-0.3, -0.25) is 4.79 Å². The van der Waals surface area contributed by atoms with Crippen LogP contribution in [0.2, 0.25) is 0 Å². The molecule has 2 fully saturated rings. The van der Waals surface area contributed by atoms with E-state index in [9.17, 15) is 9.59 Å². The van der Waals surface area contributed by atoms with E-state index >= 15 is 0 Å². The average molecular weight is 309 g/mol. The Balaban J connectivity index is 1.73. The Labute approximate surface area is 134 Å². The van der Waals surface area contributed by atoms with Crippen molar-refractivity contribution < 1.29 is 9.59 Å². The normalized spacial score (nSPS) is 21.5. The van der Waals surface area contributed by atoms with Gasteiger partial charge in [0.1, 0.15) is 0 Å². The minimum Gasteiger partial charge on any atom is -0.342 e. The van der Waals surface area contributed by atoms with Crippen LogP contribution in [0.25, 0.3) is 0 Å². The molecule has 126 valence electrons. The second kappa shape index (κ2) is 7.34. The molecule has 0 aromatic rings. The van der Waals surface area contributed by atoms with Gasteiger partial charge < -0.3 is 15.5 Å². The highest BCUT2D eigenvalue weighted by atomic mass is 16.2. The fourth-order valence-corrected chi connectivity index (χ4v) is 3.41. The lowest BCUT2D eigenvalue weighted by molar-refractivity contribution is -0.137. The number of amides is 3. The number of carbonyl (C=O) groups is 2. The molecule has 2 N–H and O–H groups in total. The first-order chi connectivity index (χ1) is 10.3. The molecule has 0 spiro atoms. The highest BCUT2D eigenvalue weighted by Gasteiger charge is 2.29. The molecule has 0 atom stereocenters. The van der Waals surface area contributed by atoms with Crippen molar-refractivity contribution in [2.75, 3.05) is 13.1 Å². The molecule has 0 unspecified atom stereocenters. The van der Waals surface area contributed by atoms with Crippen LogP contribution in [0.1, 0.15) is 65.7 Å². The lowest BCUT2D eigenvalue weighted by atomic mass is 9.87. The topological polar surface area (TPSA) is 61.4 Å². The van der Waals surface area contributed by atoms with Gasteiger partial charge in [0.15, 0.2) is 0 Å². The SMILES string of the molecule is CC(C)(C)NC(=O)NC1CCN(C(=O)C2CCCCC2)CC1. The van der Waals surface area contributed by atoms with Crippen molar-refractivity contribution in [1.29, 1.82) is 0 Å². The minimum absolute atomic E-state index is 0.107. The molecule has 2 aliphatic rings. The van der Waals surface area contributed by atoms with Crippen molar-refractivity contribution in [1.82, 2.24) is 15.5 Å². The highest BCUT2D eigenvalue weighted by molar-refractivity contribution is 5.79. The van der Waals surface area contributed by atoms with Gasteiger partial charge in [0, 0.05) is 30.6 Å². The van der Waals surface area contributed by atoms with E-state index in [4.69, 9.17) is 0 Å². The lowest BCUT2D eigenvalue weighted by Crippen LogP contribution is -2.53. The second-order valence-electron chi connectivity index (χ2n) is 7.78. The van der Waals surface area contributed by atoms with E-state index in [1.807, 2.05) is 25.7 Å². The van der Waals surface area contributed by atoms with Gasteiger partial charge in [-0.15, -0.1) is 0 Å². The van der Waals surface area contributed by atoms with E-state index in [2.05, 4.69) is 10.6 Å². The molecule has 5 heteroatoms. The summed E-state index contributed by atoms with van der Waals surface area (Å²) in [7, 11) is 0. The maximum Gasteiger partial charge on any atom is 0.315 e. The molecule has 1 saturated carbocycles. The number of carbonyl (C=O) groups excluding carboxylic acids is 2. The fraction of sp³-hybridized carbons (Fsp3) is 0.882. The molecule has 22 heavy (non-hydrogen) atoms. The van der Waals surface area contributed by atoms with Crippen LogP contribution >= 0.6 is 0 Å². The number of piperidine rings is 1. The van der Waals surface area contributed by atoms with Crippen LogP contribution in [-0.4, -0.2) is 41.5 Å². The predicted molar refractivity (Wildman–Crippen MR) is 87.6 cm³/mol. The van der Waals surface area contributed by atoms with Crippen molar-refractivity contribution >= 4 is 11.9 Å². The summed E-state index contributed by atoms with van der Waals surface area (Å²) in [6.07, 6.45) is 7.50. The standard InChI is InChI=1S/C17H31N3O2/c1-17(2,3)19-16(22)18-14-9-11-20(12-10-14)15(21)13-7-5-4-6-8-13/h13-14H,4-12H2,1-3H3,(H2,18,19,22). The Kier molecular flexibility index (Phi) is 5.70. The molecule has 1 aliphatic heterocycles. The molecular weight excluding hydrogens is 278 g/mol. The monoisotopic (exact) mass is 309 g/mol. The van der Waals surface area contributed by atoms with E-state index in [0.29, 0.717) is 5.91 Å². The fourth-order valence-electron chi connectivity index (χ4n) is 3.41. The molecule has 1 saturated heterocycles. The Morgan fingerprint density at radius 2 is 1.55 bits per heavy atom. The summed E-state index contributed by atoms with van der Waals surface area (Å²) in [6, 6.07) is 0.0716. The van der Waals surface area contributed by atoms with Crippen molar-refractivity contribution in [2.45, 2.75) is 77.3 Å². The zero-order chi connectivity index (χ0) is 16.2. The van der Waals surface area contributed by atoms with Crippen LogP contribution in [0.3, 0.4) is 0 Å². The molecule has 5 nitrogen and oxygen atoms in total. The summed E-state index contributed by atoms with van der Waals surface area (Å²) in [6.45, 7) is 7.46. The molecule has 3 amide bonds. The molecule has 0 aromatic heterocycles. The lowest BCUT2D eigenvalue weighted by Gasteiger charge is -2.35. The Morgan fingerprint density at radius 3 is 2.09 bits per heavy atom. The van der Waals surface area contributed by atoms with E-state index in [-0.39, 0.29) is 23.5 Å². The maximum atomic E-state index is 12.5. The Bertz CT molecular complexity index is 389. The molecule has 2 rings (SSSR count). The number of hydrogen-bond donors (Lipinski definition) is 2. The number of likely N-dealkylation sites (tertiary alicyclic amines) is 1. The van der Waals surface area contributed by atoms with Crippen LogP contribution in [0.5, 0.6) is 0 Å². The minimum atomic E-state index is -0.221. The third-order valence-electron chi connectivity index (χ3n) is 4.58. The summed E-state index contributed by atoms with van der Waals surface area (Å²) < 4.78 is 0. The van der Waals surface area contributed by atoms with Crippen molar-refractivity contribution in [3.63, 3.8) is 0 Å². The molecular formula is C17H31N3O2. The molecule has 0 bridgehead atoms. The Morgan fingerprint density at radius 1 is 0.955 bits per heavy atom. The summed E-state index contributed by atoms with van der Waals surface area (Å²) in [5, 5.41) is 5.95. The largest absolute Gasteiger partial charge is 0.342 e. The van der Waals surface area contributed by atoms with Crippen molar-refractivity contribution in [3.05, 3.63) is 0 Å². The Hall–Kier alpha value is -1.26. The predicted octanol–water partition coefficient (Wildman–Crippen LogP) is 2.66. The van der Waals surface area contributed by atoms with E-state index < -0.39 is 0 Å². The smallest absolute Gasteiger partial charge is 0.315 e. The molecule has 0 aromatic carbocycles. The third-order valence-corrected chi connectivity index (χ3v) is 4.58. The maximum absolute atomic E-state index is 12.5. The highest BCUT2D eigenvalue weighted by Crippen LogP contribution is 2.26. The number of nitrogens with zero attached hydrogens (tertiary/aromatic N) is 1. The van der Waals surface area contributed by atoms with Gasteiger partial charge in [0.05, 0.1) is 0 Å². The number of urea groups is 1. The van der Waals surface area contributed by atoms with E-state index in [1.165, 1.54) is 19.3 Å². The number of hydrogen-bond acceptors (Lipinski definition) is 2. The third kappa shape index (κ3) is 5.18. The van der Waals surface area contributed by atoms with Crippen molar-refractivity contribution in [2.24, 2.45) is 5.92 Å². The van der Waals surface area contributed by atoms with Gasteiger partial charge in [0.2, 0.25) is 5.91 Å². The molecule has 1 heterocycles. The van der Waals surface area contributed by atoms with Crippen LogP contribution in [0, 0.1) is 5.92 Å². The van der Waals surface area contributed by atoms with Gasteiger partial charge >= 0.3 is 6.03 Å². The van der Waals surface area contributed by atoms with Crippen LogP contribution in [-0.2, 0) is 4.79 Å². The van der Waals surface area contributed by atoms with Gasteiger partial charge in [-0.2, -0.15) is 0 Å². The first-order valence-electron chi connectivity index (χ1n) is 8.72. The van der Waals surface area contributed by atoms with Gasteiger partial charge in [-0.25, -0.2) is 4.79 Å². The quantitative estimate of drug-likeness (QED) is 0.824. The second-order valence-corrected chi connectivity index (χ2v) is 7.78. The molecule has 1 aliphatic carbocycles. The average Bonchev–Trinajstić information content (AvgIpc) is 2.46. The zero-order valence-electron chi connectivity index (χ0n) is 14.3. The summed E-state index contributed by atoms with van der Waals surface area (Å²) in [4.78, 5) is 26.4. The van der Waals surface area contributed by atoms with Gasteiger partial charge in [0.25, 0.3) is 0 Å². The van der Waals surface area contributed by atoms with Crippen LogP contribution < -0.4 is 10.6 Å². The van der Waals surface area contributed by atoms with Gasteiger partial charge in [-0.05, 0) is 46.5 Å². The number of rotatable bonds is 2. The summed E-state index contributed by atoms with van der Waals surface area (Å²) in [5.74, 6) is 0.597. The number of nitrogens with one attached hydrogen (secondary N) is 2. The zero-order valence-corrected chi connectivity index (χ0v) is 14.3. The van der Waals surface area contributed by atoms with E-state index in [0.717, 1.165) is 38.8 Å². The first-order valence-corrected chi connectivity index (χ1v) is 8.72. The summed E-state index contributed by atoms with van der Waals surface area (Å²) >= 11 is 0. The first kappa shape index (κ1) is 17.1. The van der Waals surface area contributed by atoms with Crippen molar-refractivity contribution in [3.8, 4) is 0 Å². The van der Waals surface area contributed by atoms with Gasteiger partial charge in [-0.1, -0.05) is 19.3 Å². The summed E-state index contributed by atoms with van der Waals surface area (Å²) in [5.41, 5.74) is -0.221. The van der Waals surface area contributed by atoms with E-state index in [1.54, 1.807) is 0 Å². The van der Waals surface area contributed by atoms with Crippen LogP contribution in [0.15, 0.2) is 0 Å². The van der Waals surface area contributed by atoms with Crippen LogP contribution in [0.4, 0.5) is 4.79 Å².